The molecule has 1 aromatic carbocycles. The van der Waals surface area contributed by atoms with E-state index in [0.717, 1.165) is 4.47 Å². The van der Waals surface area contributed by atoms with Gasteiger partial charge in [-0.2, -0.15) is 0 Å². The van der Waals surface area contributed by atoms with Crippen LogP contribution in [-0.4, -0.2) is 13.9 Å². The van der Waals surface area contributed by atoms with Crippen LogP contribution in [0.25, 0.3) is 0 Å². The predicted molar refractivity (Wildman–Crippen MR) is 56.7 cm³/mol. The van der Waals surface area contributed by atoms with Crippen molar-refractivity contribution in [2.24, 2.45) is 0 Å². The average molecular weight is 286 g/mol. The second-order valence-electron chi connectivity index (χ2n) is 2.22. The summed E-state index contributed by atoms with van der Waals surface area (Å²) >= 11 is 15.0. The molecule has 0 bridgehead atoms. The molecule has 0 atom stereocenters. The van der Waals surface area contributed by atoms with Gasteiger partial charge in [0.2, 0.25) is 0 Å². The van der Waals surface area contributed by atoms with Gasteiger partial charge in [-0.05, 0) is 28.1 Å². The Morgan fingerprint density at radius 2 is 2.08 bits per heavy atom. The smallest absolute Gasteiger partial charge is 0.188 e. The van der Waals surface area contributed by atoms with Crippen LogP contribution >= 0.6 is 39.1 Å². The zero-order valence-corrected chi connectivity index (χ0v) is 9.91. The van der Waals surface area contributed by atoms with Gasteiger partial charge in [0, 0.05) is 7.11 Å². The summed E-state index contributed by atoms with van der Waals surface area (Å²) in [7, 11) is 1.53. The molecule has 1 aromatic rings. The number of methoxy groups -OCH3 is 1. The lowest BCUT2D eigenvalue weighted by molar-refractivity contribution is 0.0506. The molecule has 1 rings (SSSR count). The maximum absolute atomic E-state index is 5.89. The van der Waals surface area contributed by atoms with Gasteiger partial charge >= 0.3 is 0 Å². The van der Waals surface area contributed by atoms with E-state index in [1.165, 1.54) is 7.11 Å². The Morgan fingerprint density at radius 1 is 1.38 bits per heavy atom. The first kappa shape index (κ1) is 11.1. The molecule has 0 saturated heterocycles. The van der Waals surface area contributed by atoms with Gasteiger partial charge in [0.1, 0.15) is 5.02 Å². The number of hydrogen-bond acceptors (Lipinski definition) is 2. The van der Waals surface area contributed by atoms with Crippen molar-refractivity contribution >= 4 is 39.1 Å². The quantitative estimate of drug-likeness (QED) is 0.622. The van der Waals surface area contributed by atoms with E-state index >= 15 is 0 Å². The van der Waals surface area contributed by atoms with Gasteiger partial charge in [0.25, 0.3) is 0 Å². The first-order valence-electron chi connectivity index (χ1n) is 3.42. The average Bonchev–Trinajstić information content (AvgIpc) is 2.12. The lowest BCUT2D eigenvalue weighted by Gasteiger charge is -2.09. The lowest BCUT2D eigenvalue weighted by atomic mass is 10.3. The first-order chi connectivity index (χ1) is 6.16. The van der Waals surface area contributed by atoms with Crippen LogP contribution in [-0.2, 0) is 4.74 Å². The lowest BCUT2D eigenvalue weighted by Crippen LogP contribution is -2.00. The van der Waals surface area contributed by atoms with Gasteiger partial charge in [-0.25, -0.2) is 0 Å². The molecule has 0 unspecified atom stereocenters. The molecule has 0 aliphatic heterocycles. The molecule has 0 fully saturated rings. The molecule has 0 heterocycles. The van der Waals surface area contributed by atoms with Crippen LogP contribution in [0.15, 0.2) is 16.6 Å². The summed E-state index contributed by atoms with van der Waals surface area (Å²) in [6.07, 6.45) is 0. The molecule has 0 saturated carbocycles. The van der Waals surface area contributed by atoms with Crippen molar-refractivity contribution in [3.05, 3.63) is 26.7 Å². The highest BCUT2D eigenvalue weighted by atomic mass is 79.9. The number of hydrogen-bond donors (Lipinski definition) is 0. The highest BCUT2D eigenvalue weighted by molar-refractivity contribution is 9.10. The Hall–Kier alpha value is 0.0400. The van der Waals surface area contributed by atoms with E-state index in [1.807, 2.05) is 0 Å². The highest BCUT2D eigenvalue weighted by Gasteiger charge is 2.09. The minimum Gasteiger partial charge on any atom is -0.465 e. The van der Waals surface area contributed by atoms with Crippen molar-refractivity contribution in [2.45, 2.75) is 0 Å². The monoisotopic (exact) mass is 284 g/mol. The zero-order valence-electron chi connectivity index (χ0n) is 6.81. The molecule has 5 heteroatoms. The summed E-state index contributed by atoms with van der Waals surface area (Å²) in [6, 6.07) is 3.45. The maximum atomic E-state index is 5.89. The summed E-state index contributed by atoms with van der Waals surface area (Å²) in [6.45, 7) is 0.138. The fourth-order valence-electron chi connectivity index (χ4n) is 0.759. The fourth-order valence-corrected chi connectivity index (χ4v) is 1.69. The van der Waals surface area contributed by atoms with E-state index in [1.54, 1.807) is 12.1 Å². The third kappa shape index (κ3) is 2.74. The molecule has 0 amide bonds. The standard InChI is InChI=1S/C8H7BrCl2O2/c1-12-4-13-8-5(9)2-3-6(10)7(8)11/h2-3H,4H2,1H3. The van der Waals surface area contributed by atoms with E-state index in [2.05, 4.69) is 15.9 Å². The topological polar surface area (TPSA) is 18.5 Å². The second kappa shape index (κ2) is 5.05. The molecule has 0 spiro atoms. The van der Waals surface area contributed by atoms with E-state index < -0.39 is 0 Å². The Labute approximate surface area is 94.9 Å². The molecular weight excluding hydrogens is 279 g/mol. The van der Waals surface area contributed by atoms with E-state index in [0.29, 0.717) is 15.8 Å². The number of rotatable bonds is 3. The SMILES string of the molecule is COCOc1c(Br)ccc(Cl)c1Cl. The number of ether oxygens (including phenoxy) is 2. The molecule has 72 valence electrons. The van der Waals surface area contributed by atoms with Crippen molar-refractivity contribution in [1.82, 2.24) is 0 Å². The van der Waals surface area contributed by atoms with E-state index in [9.17, 15) is 0 Å². The largest absolute Gasteiger partial charge is 0.465 e. The van der Waals surface area contributed by atoms with Gasteiger partial charge in [0.15, 0.2) is 12.5 Å². The van der Waals surface area contributed by atoms with E-state index in [-0.39, 0.29) is 6.79 Å². The Balaban J connectivity index is 2.96. The molecular formula is C8H7BrCl2O2. The first-order valence-corrected chi connectivity index (χ1v) is 4.97. The molecule has 0 aliphatic rings. The van der Waals surface area contributed by atoms with Crippen LogP contribution in [0.2, 0.25) is 10.0 Å². The fraction of sp³-hybridized carbons (Fsp3) is 0.250. The molecule has 0 radical (unpaired) electrons. The van der Waals surface area contributed by atoms with Crippen LogP contribution in [0.3, 0.4) is 0 Å². The third-order valence-corrected chi connectivity index (χ3v) is 2.73. The van der Waals surface area contributed by atoms with Crippen molar-refractivity contribution < 1.29 is 9.47 Å². The second-order valence-corrected chi connectivity index (χ2v) is 3.86. The van der Waals surface area contributed by atoms with Crippen LogP contribution < -0.4 is 4.74 Å². The molecule has 0 aliphatic carbocycles. The summed E-state index contributed by atoms with van der Waals surface area (Å²) in [5.41, 5.74) is 0. The molecule has 0 N–H and O–H groups in total. The van der Waals surface area contributed by atoms with Gasteiger partial charge in [-0.3, -0.25) is 0 Å². The van der Waals surface area contributed by atoms with Gasteiger partial charge in [-0.15, -0.1) is 0 Å². The number of halogens is 3. The van der Waals surface area contributed by atoms with E-state index in [4.69, 9.17) is 32.7 Å². The predicted octanol–water partition coefficient (Wildman–Crippen LogP) is 3.74. The van der Waals surface area contributed by atoms with Gasteiger partial charge in [-0.1, -0.05) is 23.2 Å². The summed E-state index contributed by atoms with van der Waals surface area (Å²) in [4.78, 5) is 0. The van der Waals surface area contributed by atoms with Crippen LogP contribution in [0.5, 0.6) is 5.75 Å². The highest BCUT2D eigenvalue weighted by Crippen LogP contribution is 2.37. The summed E-state index contributed by atoms with van der Waals surface area (Å²) in [5, 5.41) is 0.837. The van der Waals surface area contributed by atoms with Gasteiger partial charge in [0.05, 0.1) is 9.50 Å². The Bertz CT molecular complexity index is 304. The van der Waals surface area contributed by atoms with Crippen molar-refractivity contribution in [3.63, 3.8) is 0 Å². The molecule has 2 nitrogen and oxygen atoms in total. The molecule has 0 aromatic heterocycles. The van der Waals surface area contributed by atoms with Crippen LogP contribution in [0.1, 0.15) is 0 Å². The van der Waals surface area contributed by atoms with Crippen molar-refractivity contribution in [2.75, 3.05) is 13.9 Å². The molecule has 13 heavy (non-hydrogen) atoms. The normalized spacial score (nSPS) is 10.2. The number of benzene rings is 1. The van der Waals surface area contributed by atoms with Crippen LogP contribution in [0.4, 0.5) is 0 Å². The van der Waals surface area contributed by atoms with Crippen molar-refractivity contribution in [3.8, 4) is 5.75 Å². The minimum absolute atomic E-state index is 0.138. The zero-order chi connectivity index (χ0) is 9.84. The van der Waals surface area contributed by atoms with Crippen molar-refractivity contribution in [1.29, 1.82) is 0 Å². The third-order valence-electron chi connectivity index (χ3n) is 1.32. The van der Waals surface area contributed by atoms with Crippen LogP contribution in [0, 0.1) is 0 Å². The van der Waals surface area contributed by atoms with Gasteiger partial charge < -0.3 is 9.47 Å². The minimum atomic E-state index is 0.138. The maximum Gasteiger partial charge on any atom is 0.188 e. The summed E-state index contributed by atoms with van der Waals surface area (Å²) < 4.78 is 10.7. The Kier molecular flexibility index (Phi) is 4.32. The Morgan fingerprint density at radius 3 is 2.69 bits per heavy atom. The summed E-state index contributed by atoms with van der Waals surface area (Å²) in [5.74, 6) is 0.496.